The molecule has 3 fully saturated rings. The summed E-state index contributed by atoms with van der Waals surface area (Å²) < 4.78 is 2.03. The molecule has 2 aromatic carbocycles. The van der Waals surface area contributed by atoms with Gasteiger partial charge in [0.15, 0.2) is 0 Å². The molecule has 8 heteroatoms. The standard InChI is InChI=1S/C35H47ClN6O/c36-29-13-11-27(12-14-29)23-33(40-32-17-15-31(16-18-32)39-30-9-5-2-6-10-30)34(43)41-21-19-35(20-22-41,24-42-26-37-25-38-42)28-7-3-1-4-8-28/h2,5-6,9-14,25-26,28,31-33,39-40H,1,3-4,7-8,15-24H2/t31?,32?,33-/m1/s1. The molecule has 2 N–H and O–H groups in total. The van der Waals surface area contributed by atoms with Crippen molar-refractivity contribution < 1.29 is 4.79 Å². The van der Waals surface area contributed by atoms with Crippen LogP contribution < -0.4 is 10.6 Å². The number of likely N-dealkylation sites (tertiary alicyclic amines) is 1. The Morgan fingerprint density at radius 3 is 2.28 bits per heavy atom. The van der Waals surface area contributed by atoms with Gasteiger partial charge in [0, 0.05) is 42.4 Å². The zero-order chi connectivity index (χ0) is 29.5. The Kier molecular flexibility index (Phi) is 9.99. The fourth-order valence-corrected chi connectivity index (χ4v) is 8.10. The largest absolute Gasteiger partial charge is 0.382 e. The average Bonchev–Trinajstić information content (AvgIpc) is 3.56. The maximum Gasteiger partial charge on any atom is 0.240 e. The number of para-hydroxylation sites is 1. The lowest BCUT2D eigenvalue weighted by Crippen LogP contribution is -2.55. The molecule has 1 aliphatic heterocycles. The Morgan fingerprint density at radius 2 is 1.60 bits per heavy atom. The molecule has 1 amide bonds. The number of rotatable bonds is 10. The summed E-state index contributed by atoms with van der Waals surface area (Å²) in [5.41, 5.74) is 2.52. The van der Waals surface area contributed by atoms with Crippen LogP contribution in [0.4, 0.5) is 5.69 Å². The molecule has 6 rings (SSSR count). The third kappa shape index (κ3) is 7.79. The van der Waals surface area contributed by atoms with E-state index in [1.807, 2.05) is 23.1 Å². The quantitative estimate of drug-likeness (QED) is 0.269. The van der Waals surface area contributed by atoms with Crippen molar-refractivity contribution in [2.45, 2.75) is 102 Å². The van der Waals surface area contributed by atoms with Crippen molar-refractivity contribution in [3.05, 3.63) is 77.8 Å². The summed E-state index contributed by atoms with van der Waals surface area (Å²) in [6.45, 7) is 2.54. The second kappa shape index (κ2) is 14.3. The predicted molar refractivity (Wildman–Crippen MR) is 173 cm³/mol. The molecule has 43 heavy (non-hydrogen) atoms. The summed E-state index contributed by atoms with van der Waals surface area (Å²) in [5.74, 6) is 0.947. The highest BCUT2D eigenvalue weighted by atomic mass is 35.5. The SMILES string of the molecule is O=C([C@@H](Cc1ccc(Cl)cc1)NC1CCC(Nc2ccccc2)CC1)N1CCC(Cn2cncn2)(C2CCCCC2)CC1. The molecule has 230 valence electrons. The topological polar surface area (TPSA) is 75.1 Å². The first kappa shape index (κ1) is 30.1. The van der Waals surface area contributed by atoms with Gasteiger partial charge in [0.1, 0.15) is 12.7 Å². The van der Waals surface area contributed by atoms with Crippen molar-refractivity contribution in [1.82, 2.24) is 25.0 Å². The molecular formula is C35H47ClN6O. The molecule has 2 aliphatic carbocycles. The second-order valence-corrected chi connectivity index (χ2v) is 13.7. The maximum absolute atomic E-state index is 14.3. The zero-order valence-corrected chi connectivity index (χ0v) is 26.1. The lowest BCUT2D eigenvalue weighted by Gasteiger charge is -2.48. The first-order valence-corrected chi connectivity index (χ1v) is 16.9. The number of aromatic nitrogens is 3. The van der Waals surface area contributed by atoms with Gasteiger partial charge in [0.25, 0.3) is 0 Å². The normalized spacial score (nSPS) is 23.5. The van der Waals surface area contributed by atoms with E-state index in [2.05, 4.69) is 68.1 Å². The van der Waals surface area contributed by atoms with E-state index in [1.165, 1.54) is 37.8 Å². The first-order valence-electron chi connectivity index (χ1n) is 16.5. The van der Waals surface area contributed by atoms with Crippen molar-refractivity contribution in [3.8, 4) is 0 Å². The lowest BCUT2D eigenvalue weighted by atomic mass is 9.63. The van der Waals surface area contributed by atoms with Gasteiger partial charge in [-0.15, -0.1) is 0 Å². The number of anilines is 1. The molecule has 1 saturated heterocycles. The summed E-state index contributed by atoms with van der Waals surface area (Å²) in [4.78, 5) is 20.6. The molecule has 3 aromatic rings. The van der Waals surface area contributed by atoms with Crippen LogP contribution in [0.5, 0.6) is 0 Å². The Hall–Kier alpha value is -2.90. The highest BCUT2D eigenvalue weighted by molar-refractivity contribution is 6.30. The van der Waals surface area contributed by atoms with Gasteiger partial charge in [-0.2, -0.15) is 5.10 Å². The number of amides is 1. The summed E-state index contributed by atoms with van der Waals surface area (Å²) in [5, 5.41) is 12.8. The van der Waals surface area contributed by atoms with Gasteiger partial charge in [-0.05, 0) is 98.9 Å². The van der Waals surface area contributed by atoms with Crippen LogP contribution in [-0.4, -0.2) is 56.8 Å². The summed E-state index contributed by atoms with van der Waals surface area (Å²) >= 11 is 6.19. The molecule has 0 radical (unpaired) electrons. The van der Waals surface area contributed by atoms with Crippen LogP contribution in [-0.2, 0) is 17.8 Å². The van der Waals surface area contributed by atoms with Gasteiger partial charge >= 0.3 is 0 Å². The van der Waals surface area contributed by atoms with Gasteiger partial charge in [0.05, 0.1) is 6.04 Å². The Morgan fingerprint density at radius 1 is 0.907 bits per heavy atom. The van der Waals surface area contributed by atoms with Gasteiger partial charge < -0.3 is 15.5 Å². The van der Waals surface area contributed by atoms with Gasteiger partial charge in [-0.25, -0.2) is 4.98 Å². The Balaban J connectivity index is 1.11. The average molecular weight is 603 g/mol. The van der Waals surface area contributed by atoms with Crippen LogP contribution in [0, 0.1) is 11.3 Å². The van der Waals surface area contributed by atoms with E-state index in [0.717, 1.165) is 68.7 Å². The molecule has 3 aliphatic rings. The molecule has 0 spiro atoms. The number of halogens is 1. The minimum atomic E-state index is -0.234. The minimum Gasteiger partial charge on any atom is -0.382 e. The number of nitrogens with one attached hydrogen (secondary N) is 2. The summed E-state index contributed by atoms with van der Waals surface area (Å²) in [6, 6.07) is 19.1. The highest BCUT2D eigenvalue weighted by Crippen LogP contribution is 2.47. The van der Waals surface area contributed by atoms with Crippen LogP contribution in [0.2, 0.25) is 5.02 Å². The summed E-state index contributed by atoms with van der Waals surface area (Å²) in [7, 11) is 0. The predicted octanol–water partition coefficient (Wildman–Crippen LogP) is 6.74. The van der Waals surface area contributed by atoms with E-state index in [9.17, 15) is 4.79 Å². The van der Waals surface area contributed by atoms with E-state index in [1.54, 1.807) is 6.33 Å². The fourth-order valence-electron chi connectivity index (χ4n) is 7.97. The van der Waals surface area contributed by atoms with E-state index < -0.39 is 0 Å². The number of nitrogens with zero attached hydrogens (tertiary/aromatic N) is 4. The van der Waals surface area contributed by atoms with Crippen LogP contribution >= 0.6 is 11.6 Å². The zero-order valence-electron chi connectivity index (χ0n) is 25.3. The number of carbonyl (C=O) groups is 1. The van der Waals surface area contributed by atoms with Gasteiger partial charge in [0.2, 0.25) is 5.91 Å². The molecule has 7 nitrogen and oxygen atoms in total. The van der Waals surface area contributed by atoms with Crippen LogP contribution in [0.3, 0.4) is 0 Å². The van der Waals surface area contributed by atoms with E-state index in [-0.39, 0.29) is 17.4 Å². The van der Waals surface area contributed by atoms with Crippen LogP contribution in [0.1, 0.15) is 76.2 Å². The molecule has 0 unspecified atom stereocenters. The summed E-state index contributed by atoms with van der Waals surface area (Å²) in [6.07, 6.45) is 17.2. The molecule has 2 heterocycles. The highest BCUT2D eigenvalue weighted by Gasteiger charge is 2.44. The van der Waals surface area contributed by atoms with E-state index in [4.69, 9.17) is 11.6 Å². The lowest BCUT2D eigenvalue weighted by molar-refractivity contribution is -0.137. The van der Waals surface area contributed by atoms with E-state index >= 15 is 0 Å². The van der Waals surface area contributed by atoms with Gasteiger partial charge in [-0.1, -0.05) is 61.2 Å². The number of hydrogen-bond acceptors (Lipinski definition) is 5. The second-order valence-electron chi connectivity index (χ2n) is 13.2. The molecule has 2 saturated carbocycles. The third-order valence-electron chi connectivity index (χ3n) is 10.4. The smallest absolute Gasteiger partial charge is 0.240 e. The number of carbonyl (C=O) groups excluding carboxylic acids is 1. The number of benzene rings is 2. The van der Waals surface area contributed by atoms with Crippen molar-refractivity contribution >= 4 is 23.2 Å². The fraction of sp³-hybridized carbons (Fsp3) is 0.571. The monoisotopic (exact) mass is 602 g/mol. The van der Waals surface area contributed by atoms with Crippen molar-refractivity contribution in [1.29, 1.82) is 0 Å². The van der Waals surface area contributed by atoms with Gasteiger partial charge in [-0.3, -0.25) is 9.48 Å². The maximum atomic E-state index is 14.3. The minimum absolute atomic E-state index is 0.189. The number of piperidine rings is 1. The van der Waals surface area contributed by atoms with E-state index in [0.29, 0.717) is 24.4 Å². The van der Waals surface area contributed by atoms with Crippen LogP contribution in [0.25, 0.3) is 0 Å². The molecule has 1 atom stereocenters. The molecule has 1 aromatic heterocycles. The molecule has 0 bridgehead atoms. The third-order valence-corrected chi connectivity index (χ3v) is 10.7. The Bertz CT molecular complexity index is 1260. The van der Waals surface area contributed by atoms with Crippen molar-refractivity contribution in [2.24, 2.45) is 11.3 Å². The van der Waals surface area contributed by atoms with Crippen LogP contribution in [0.15, 0.2) is 67.3 Å². The number of hydrogen-bond donors (Lipinski definition) is 2. The van der Waals surface area contributed by atoms with Crippen molar-refractivity contribution in [2.75, 3.05) is 18.4 Å². The first-order chi connectivity index (χ1) is 21.1. The van der Waals surface area contributed by atoms with Crippen molar-refractivity contribution in [3.63, 3.8) is 0 Å². The Labute approximate surface area is 261 Å². The molecular weight excluding hydrogens is 556 g/mol.